The summed E-state index contributed by atoms with van der Waals surface area (Å²) < 4.78 is 10.4. The Kier molecular flexibility index (Phi) is 6.81. The second-order valence-corrected chi connectivity index (χ2v) is 6.05. The number of nitrogens with one attached hydrogen (secondary N) is 1. The van der Waals surface area contributed by atoms with Crippen molar-refractivity contribution in [3.8, 4) is 11.5 Å². The van der Waals surface area contributed by atoms with Gasteiger partial charge in [0.2, 0.25) is 5.91 Å². The van der Waals surface area contributed by atoms with E-state index in [-0.39, 0.29) is 5.91 Å². The lowest BCUT2D eigenvalue weighted by atomic mass is 10.1. The topological polar surface area (TPSA) is 47.6 Å². The molecule has 4 nitrogen and oxygen atoms in total. The fourth-order valence-corrected chi connectivity index (χ4v) is 2.90. The maximum Gasteiger partial charge on any atom is 0.224 e. The number of thioether (sulfide) groups is 1. The molecule has 0 saturated heterocycles. The predicted molar refractivity (Wildman–Crippen MR) is 93.4 cm³/mol. The summed E-state index contributed by atoms with van der Waals surface area (Å²) in [6.45, 7) is 0.645. The summed E-state index contributed by atoms with van der Waals surface area (Å²) in [5.41, 5.74) is 0.899. The molecule has 122 valence electrons. The highest BCUT2D eigenvalue weighted by Crippen LogP contribution is 2.27. The van der Waals surface area contributed by atoms with E-state index in [9.17, 15) is 4.79 Å². The Hall–Kier alpha value is -2.14. The maximum absolute atomic E-state index is 12.0. The van der Waals surface area contributed by atoms with E-state index in [0.717, 1.165) is 11.3 Å². The summed E-state index contributed by atoms with van der Waals surface area (Å²) >= 11 is 1.73. The minimum Gasteiger partial charge on any atom is -0.493 e. The summed E-state index contributed by atoms with van der Waals surface area (Å²) in [4.78, 5) is 13.2. The van der Waals surface area contributed by atoms with Crippen molar-refractivity contribution in [2.45, 2.75) is 11.3 Å². The summed E-state index contributed by atoms with van der Waals surface area (Å²) in [6.07, 6.45) is 0.330. The Morgan fingerprint density at radius 2 is 1.78 bits per heavy atom. The molecule has 2 aromatic carbocycles. The van der Waals surface area contributed by atoms with E-state index in [1.807, 2.05) is 36.4 Å². The van der Waals surface area contributed by atoms with Gasteiger partial charge in [-0.1, -0.05) is 24.3 Å². The molecule has 0 aliphatic rings. The molecule has 0 aromatic heterocycles. The number of ether oxygens (including phenoxy) is 2. The molecule has 1 amide bonds. The number of carbonyl (C=O) groups is 1. The standard InChI is InChI=1S/C18H21NO3S/c1-21-16-9-8-14(12-17(16)22-2)13-18(20)19-10-11-23-15-6-4-3-5-7-15/h3-9,12H,10-11,13H2,1-2H3,(H,19,20). The number of benzene rings is 2. The van der Waals surface area contributed by atoms with Gasteiger partial charge in [0.15, 0.2) is 11.5 Å². The van der Waals surface area contributed by atoms with E-state index in [1.54, 1.807) is 26.0 Å². The highest BCUT2D eigenvalue weighted by Gasteiger charge is 2.08. The van der Waals surface area contributed by atoms with Crippen LogP contribution < -0.4 is 14.8 Å². The Morgan fingerprint density at radius 3 is 2.48 bits per heavy atom. The molecule has 0 saturated carbocycles. The van der Waals surface area contributed by atoms with Gasteiger partial charge < -0.3 is 14.8 Å². The molecule has 0 aliphatic carbocycles. The van der Waals surface area contributed by atoms with Crippen LogP contribution in [0.1, 0.15) is 5.56 Å². The Bertz CT molecular complexity index is 631. The number of hydrogen-bond acceptors (Lipinski definition) is 4. The highest BCUT2D eigenvalue weighted by atomic mass is 32.2. The van der Waals surface area contributed by atoms with Crippen molar-refractivity contribution in [1.82, 2.24) is 5.32 Å². The van der Waals surface area contributed by atoms with Crippen LogP contribution in [0.4, 0.5) is 0 Å². The monoisotopic (exact) mass is 331 g/mol. The van der Waals surface area contributed by atoms with Crippen LogP contribution >= 0.6 is 11.8 Å². The van der Waals surface area contributed by atoms with Crippen molar-refractivity contribution >= 4 is 17.7 Å². The van der Waals surface area contributed by atoms with Crippen LogP contribution in [0.15, 0.2) is 53.4 Å². The van der Waals surface area contributed by atoms with Gasteiger partial charge in [-0.3, -0.25) is 4.79 Å². The molecule has 0 fully saturated rings. The molecule has 5 heteroatoms. The molecule has 2 rings (SSSR count). The molecule has 0 spiro atoms. The molecule has 0 unspecified atom stereocenters. The van der Waals surface area contributed by atoms with Crippen molar-refractivity contribution in [1.29, 1.82) is 0 Å². The van der Waals surface area contributed by atoms with Crippen molar-refractivity contribution in [3.05, 3.63) is 54.1 Å². The maximum atomic E-state index is 12.0. The lowest BCUT2D eigenvalue weighted by molar-refractivity contribution is -0.120. The second kappa shape index (κ2) is 9.10. The predicted octanol–water partition coefficient (Wildman–Crippen LogP) is 3.15. The van der Waals surface area contributed by atoms with Gasteiger partial charge in [-0.2, -0.15) is 0 Å². The lowest BCUT2D eigenvalue weighted by Gasteiger charge is -2.10. The van der Waals surface area contributed by atoms with Gasteiger partial charge in [-0.15, -0.1) is 11.8 Å². The molecule has 23 heavy (non-hydrogen) atoms. The fourth-order valence-electron chi connectivity index (χ4n) is 2.11. The molecule has 0 aliphatic heterocycles. The molecule has 0 heterocycles. The van der Waals surface area contributed by atoms with E-state index in [2.05, 4.69) is 17.4 Å². The zero-order valence-electron chi connectivity index (χ0n) is 13.4. The van der Waals surface area contributed by atoms with Crippen molar-refractivity contribution in [2.75, 3.05) is 26.5 Å². The molecular weight excluding hydrogens is 310 g/mol. The molecule has 1 N–H and O–H groups in total. The van der Waals surface area contributed by atoms with Gasteiger partial charge in [-0.05, 0) is 29.8 Å². The van der Waals surface area contributed by atoms with Gasteiger partial charge in [0.25, 0.3) is 0 Å². The van der Waals surface area contributed by atoms with Crippen LogP contribution in [-0.2, 0) is 11.2 Å². The summed E-state index contributed by atoms with van der Waals surface area (Å²) in [7, 11) is 3.18. The van der Waals surface area contributed by atoms with Gasteiger partial charge in [0, 0.05) is 17.2 Å². The third kappa shape index (κ3) is 5.53. The Morgan fingerprint density at radius 1 is 1.04 bits per heavy atom. The van der Waals surface area contributed by atoms with E-state index in [1.165, 1.54) is 4.90 Å². The minimum absolute atomic E-state index is 0.00545. The zero-order chi connectivity index (χ0) is 16.5. The third-order valence-electron chi connectivity index (χ3n) is 3.25. The van der Waals surface area contributed by atoms with Gasteiger partial charge in [0.1, 0.15) is 0 Å². The third-order valence-corrected chi connectivity index (χ3v) is 4.26. The first-order valence-electron chi connectivity index (χ1n) is 7.38. The summed E-state index contributed by atoms with van der Waals surface area (Å²) in [5, 5.41) is 2.94. The smallest absolute Gasteiger partial charge is 0.224 e. The number of rotatable bonds is 8. The average Bonchev–Trinajstić information content (AvgIpc) is 2.59. The molecule has 0 atom stereocenters. The first kappa shape index (κ1) is 17.2. The van der Waals surface area contributed by atoms with Gasteiger partial charge in [0.05, 0.1) is 20.6 Å². The normalized spacial score (nSPS) is 10.2. The van der Waals surface area contributed by atoms with Crippen LogP contribution in [0.25, 0.3) is 0 Å². The van der Waals surface area contributed by atoms with E-state index in [4.69, 9.17) is 9.47 Å². The van der Waals surface area contributed by atoms with Crippen LogP contribution in [0.3, 0.4) is 0 Å². The van der Waals surface area contributed by atoms with Crippen molar-refractivity contribution < 1.29 is 14.3 Å². The number of amides is 1. The quantitative estimate of drug-likeness (QED) is 0.596. The second-order valence-electron chi connectivity index (χ2n) is 4.88. The van der Waals surface area contributed by atoms with E-state index >= 15 is 0 Å². The van der Waals surface area contributed by atoms with E-state index in [0.29, 0.717) is 24.5 Å². The Balaban J connectivity index is 1.76. The molecular formula is C18H21NO3S. The van der Waals surface area contributed by atoms with Crippen LogP contribution in [0.5, 0.6) is 11.5 Å². The first-order chi connectivity index (χ1) is 11.2. The van der Waals surface area contributed by atoms with Gasteiger partial charge in [-0.25, -0.2) is 0 Å². The van der Waals surface area contributed by atoms with Crippen LogP contribution in [0, 0.1) is 0 Å². The molecule has 2 aromatic rings. The van der Waals surface area contributed by atoms with Crippen molar-refractivity contribution in [3.63, 3.8) is 0 Å². The molecule has 0 bridgehead atoms. The van der Waals surface area contributed by atoms with Crippen LogP contribution in [0.2, 0.25) is 0 Å². The minimum atomic E-state index is 0.00545. The summed E-state index contributed by atoms with van der Waals surface area (Å²) in [6, 6.07) is 15.7. The largest absolute Gasteiger partial charge is 0.493 e. The zero-order valence-corrected chi connectivity index (χ0v) is 14.2. The first-order valence-corrected chi connectivity index (χ1v) is 8.37. The SMILES string of the molecule is COc1ccc(CC(=O)NCCSc2ccccc2)cc1OC. The lowest BCUT2D eigenvalue weighted by Crippen LogP contribution is -2.27. The fraction of sp³-hybridized carbons (Fsp3) is 0.278. The number of methoxy groups -OCH3 is 2. The number of carbonyl (C=O) groups excluding carboxylic acids is 1. The summed E-state index contributed by atoms with van der Waals surface area (Å²) in [5.74, 6) is 2.15. The van der Waals surface area contributed by atoms with Gasteiger partial charge >= 0.3 is 0 Å². The van der Waals surface area contributed by atoms with E-state index < -0.39 is 0 Å². The molecule has 0 radical (unpaired) electrons. The highest BCUT2D eigenvalue weighted by molar-refractivity contribution is 7.99. The average molecular weight is 331 g/mol. The number of hydrogen-bond donors (Lipinski definition) is 1. The van der Waals surface area contributed by atoms with Crippen molar-refractivity contribution in [2.24, 2.45) is 0 Å². The van der Waals surface area contributed by atoms with Crippen LogP contribution in [-0.4, -0.2) is 32.4 Å². The Labute approximate surface area is 141 Å².